The van der Waals surface area contributed by atoms with Gasteiger partial charge in [0.25, 0.3) is 5.91 Å². The van der Waals surface area contributed by atoms with E-state index in [1.807, 2.05) is 67.6 Å². The van der Waals surface area contributed by atoms with Crippen molar-refractivity contribution in [3.63, 3.8) is 0 Å². The molecule has 1 aromatic heterocycles. The smallest absolute Gasteiger partial charge is 0.255 e. The van der Waals surface area contributed by atoms with Crippen molar-refractivity contribution in [2.24, 2.45) is 0 Å². The van der Waals surface area contributed by atoms with E-state index in [-0.39, 0.29) is 25.0 Å². The van der Waals surface area contributed by atoms with E-state index in [2.05, 4.69) is 15.3 Å². The van der Waals surface area contributed by atoms with Crippen LogP contribution in [0.4, 0.5) is 5.69 Å². The molecule has 1 atom stereocenters. The van der Waals surface area contributed by atoms with Crippen LogP contribution in [-0.2, 0) is 19.7 Å². The standard InChI is InChI=1S/C28H26N4O3/c1-28(20-8-4-2-5-9-20,21-10-6-3-7-11-21)27(34)32-16-17-35-25(19-32)26(33)31-22-12-13-23-24(18-22)30-15-14-29-23/h2-15,18,25H,16-17,19H2,1H3,(H,31,33)/t25-/m0/s1. The number of benzene rings is 3. The first kappa shape index (κ1) is 22.7. The lowest BCUT2D eigenvalue weighted by molar-refractivity contribution is -0.147. The average molecular weight is 467 g/mol. The Kier molecular flexibility index (Phi) is 6.25. The fraction of sp³-hybridized carbons (Fsp3) is 0.214. The highest BCUT2D eigenvalue weighted by Crippen LogP contribution is 2.34. The summed E-state index contributed by atoms with van der Waals surface area (Å²) in [4.78, 5) is 37.3. The number of ether oxygens (including phenoxy) is 1. The molecule has 0 spiro atoms. The van der Waals surface area contributed by atoms with Crippen LogP contribution in [0.2, 0.25) is 0 Å². The second-order valence-electron chi connectivity index (χ2n) is 8.72. The van der Waals surface area contributed by atoms with Crippen LogP contribution in [0.25, 0.3) is 11.0 Å². The molecule has 7 nitrogen and oxygen atoms in total. The third-order valence-electron chi connectivity index (χ3n) is 6.51. The molecule has 176 valence electrons. The maximum absolute atomic E-state index is 14.0. The van der Waals surface area contributed by atoms with Crippen LogP contribution in [0.1, 0.15) is 18.1 Å². The molecule has 1 fully saturated rings. The normalized spacial score (nSPS) is 16.1. The van der Waals surface area contributed by atoms with Crippen molar-refractivity contribution >= 4 is 28.5 Å². The van der Waals surface area contributed by atoms with Crippen LogP contribution >= 0.6 is 0 Å². The molecule has 2 heterocycles. The van der Waals surface area contributed by atoms with Gasteiger partial charge < -0.3 is 15.0 Å². The number of hydrogen-bond donors (Lipinski definition) is 1. The average Bonchev–Trinajstić information content (AvgIpc) is 2.93. The number of fused-ring (bicyclic) bond motifs is 1. The fourth-order valence-electron chi connectivity index (χ4n) is 4.53. The molecule has 0 unspecified atom stereocenters. The zero-order chi connectivity index (χ0) is 24.3. The van der Waals surface area contributed by atoms with Gasteiger partial charge in [-0.15, -0.1) is 0 Å². The second-order valence-corrected chi connectivity index (χ2v) is 8.72. The molecule has 7 heteroatoms. The molecular weight excluding hydrogens is 440 g/mol. The summed E-state index contributed by atoms with van der Waals surface area (Å²) in [5.74, 6) is -0.358. The Bertz CT molecular complexity index is 1300. The molecule has 0 aliphatic carbocycles. The van der Waals surface area contributed by atoms with Gasteiger partial charge in [-0.25, -0.2) is 0 Å². The Hall–Kier alpha value is -4.10. The highest BCUT2D eigenvalue weighted by atomic mass is 16.5. The Morgan fingerprint density at radius 2 is 1.54 bits per heavy atom. The first-order valence-corrected chi connectivity index (χ1v) is 11.6. The first-order chi connectivity index (χ1) is 17.1. The quantitative estimate of drug-likeness (QED) is 0.484. The zero-order valence-electron chi connectivity index (χ0n) is 19.4. The number of anilines is 1. The Labute approximate surface area is 203 Å². The summed E-state index contributed by atoms with van der Waals surface area (Å²) in [6.45, 7) is 2.82. The summed E-state index contributed by atoms with van der Waals surface area (Å²) in [5, 5.41) is 2.90. The molecule has 1 saturated heterocycles. The molecule has 35 heavy (non-hydrogen) atoms. The summed E-state index contributed by atoms with van der Waals surface area (Å²) in [7, 11) is 0. The molecule has 1 aliphatic rings. The predicted octanol–water partition coefficient (Wildman–Crippen LogP) is 3.80. The number of morpholine rings is 1. The topological polar surface area (TPSA) is 84.4 Å². The van der Waals surface area contributed by atoms with Crippen molar-refractivity contribution in [2.75, 3.05) is 25.0 Å². The second kappa shape index (κ2) is 9.64. The summed E-state index contributed by atoms with van der Waals surface area (Å²) in [6.07, 6.45) is 2.46. The maximum atomic E-state index is 14.0. The number of carbonyl (C=O) groups is 2. The summed E-state index contributed by atoms with van der Waals surface area (Å²) in [5.41, 5.74) is 2.96. The van der Waals surface area contributed by atoms with Gasteiger partial charge in [-0.3, -0.25) is 19.6 Å². The van der Waals surface area contributed by atoms with Gasteiger partial charge in [0.05, 0.1) is 29.6 Å². The van der Waals surface area contributed by atoms with Crippen molar-refractivity contribution in [1.82, 2.24) is 14.9 Å². The molecular formula is C28H26N4O3. The van der Waals surface area contributed by atoms with Crippen molar-refractivity contribution in [2.45, 2.75) is 18.4 Å². The van der Waals surface area contributed by atoms with Gasteiger partial charge in [0.1, 0.15) is 0 Å². The Morgan fingerprint density at radius 1 is 0.914 bits per heavy atom. The number of rotatable bonds is 5. The minimum absolute atomic E-state index is 0.0584. The predicted molar refractivity (Wildman–Crippen MR) is 134 cm³/mol. The van der Waals surface area contributed by atoms with Gasteiger partial charge in [0.15, 0.2) is 6.10 Å². The van der Waals surface area contributed by atoms with Gasteiger partial charge in [-0.05, 0) is 36.2 Å². The van der Waals surface area contributed by atoms with Crippen LogP contribution in [0.3, 0.4) is 0 Å². The monoisotopic (exact) mass is 466 g/mol. The number of carbonyl (C=O) groups excluding carboxylic acids is 2. The van der Waals surface area contributed by atoms with Crippen molar-refractivity contribution in [3.8, 4) is 0 Å². The number of amides is 2. The molecule has 0 saturated carbocycles. The molecule has 4 aromatic rings. The lowest BCUT2D eigenvalue weighted by Gasteiger charge is -2.39. The summed E-state index contributed by atoms with van der Waals surface area (Å²) >= 11 is 0. The minimum atomic E-state index is -0.891. The van der Waals surface area contributed by atoms with E-state index in [1.54, 1.807) is 35.5 Å². The molecule has 1 N–H and O–H groups in total. The number of nitrogens with zero attached hydrogens (tertiary/aromatic N) is 3. The van der Waals surface area contributed by atoms with Crippen molar-refractivity contribution < 1.29 is 14.3 Å². The van der Waals surface area contributed by atoms with Crippen molar-refractivity contribution in [3.05, 3.63) is 102 Å². The number of hydrogen-bond acceptors (Lipinski definition) is 5. The lowest BCUT2D eigenvalue weighted by atomic mass is 9.75. The largest absolute Gasteiger partial charge is 0.365 e. The van der Waals surface area contributed by atoms with E-state index in [1.165, 1.54) is 0 Å². The van der Waals surface area contributed by atoms with Crippen LogP contribution in [0.5, 0.6) is 0 Å². The van der Waals surface area contributed by atoms with Gasteiger partial charge >= 0.3 is 0 Å². The minimum Gasteiger partial charge on any atom is -0.365 e. The molecule has 1 aliphatic heterocycles. The molecule has 5 rings (SSSR count). The summed E-state index contributed by atoms with van der Waals surface area (Å²) in [6, 6.07) is 24.9. The lowest BCUT2D eigenvalue weighted by Crippen LogP contribution is -2.55. The highest BCUT2D eigenvalue weighted by molar-refractivity contribution is 5.97. The molecule has 0 radical (unpaired) electrons. The van der Waals surface area contributed by atoms with E-state index >= 15 is 0 Å². The first-order valence-electron chi connectivity index (χ1n) is 11.6. The molecule has 3 aromatic carbocycles. The van der Waals surface area contributed by atoms with Crippen LogP contribution in [0, 0.1) is 0 Å². The van der Waals surface area contributed by atoms with Crippen LogP contribution < -0.4 is 5.32 Å². The van der Waals surface area contributed by atoms with Gasteiger partial charge in [0.2, 0.25) is 5.91 Å². The van der Waals surface area contributed by atoms with Gasteiger partial charge in [-0.2, -0.15) is 0 Å². The van der Waals surface area contributed by atoms with E-state index in [0.29, 0.717) is 17.7 Å². The van der Waals surface area contributed by atoms with E-state index in [0.717, 1.165) is 16.6 Å². The van der Waals surface area contributed by atoms with Gasteiger partial charge in [-0.1, -0.05) is 60.7 Å². The highest BCUT2D eigenvalue weighted by Gasteiger charge is 2.42. The number of nitrogens with one attached hydrogen (secondary N) is 1. The fourth-order valence-corrected chi connectivity index (χ4v) is 4.53. The summed E-state index contributed by atoms with van der Waals surface area (Å²) < 4.78 is 5.77. The third kappa shape index (κ3) is 4.50. The SMILES string of the molecule is CC(C(=O)N1CCO[C@H](C(=O)Nc2ccc3nccnc3c2)C1)(c1ccccc1)c1ccccc1. The maximum Gasteiger partial charge on any atom is 0.255 e. The van der Waals surface area contributed by atoms with Gasteiger partial charge in [0, 0.05) is 24.6 Å². The molecule has 0 bridgehead atoms. The van der Waals surface area contributed by atoms with E-state index in [9.17, 15) is 9.59 Å². The zero-order valence-corrected chi connectivity index (χ0v) is 19.4. The van der Waals surface area contributed by atoms with E-state index < -0.39 is 11.5 Å². The third-order valence-corrected chi connectivity index (χ3v) is 6.51. The Balaban J connectivity index is 1.36. The Morgan fingerprint density at radius 3 is 2.20 bits per heavy atom. The molecule has 2 amide bonds. The van der Waals surface area contributed by atoms with Crippen LogP contribution in [0.15, 0.2) is 91.3 Å². The number of aromatic nitrogens is 2. The van der Waals surface area contributed by atoms with Crippen molar-refractivity contribution in [1.29, 1.82) is 0 Å². The van der Waals surface area contributed by atoms with Crippen LogP contribution in [-0.4, -0.2) is 52.5 Å². The van der Waals surface area contributed by atoms with E-state index in [4.69, 9.17) is 4.74 Å².